The second kappa shape index (κ2) is 9.20. The fraction of sp³-hybridized carbons (Fsp3) is 0.400. The van der Waals surface area contributed by atoms with Crippen LogP contribution in [-0.4, -0.2) is 33.0 Å². The van der Waals surface area contributed by atoms with E-state index in [1.807, 2.05) is 0 Å². The number of benzene rings is 1. The fourth-order valence-corrected chi connectivity index (χ4v) is 2.51. The number of alkyl halides is 4. The van der Waals surface area contributed by atoms with Gasteiger partial charge >= 0.3 is 24.0 Å². The second-order valence-corrected chi connectivity index (χ2v) is 9.21. The molecule has 0 heterocycles. The molecule has 10 heteroatoms. The molecule has 0 aromatic heterocycles. The molecule has 0 aliphatic heterocycles. The normalized spacial score (nSPS) is 11.5. The Morgan fingerprint density at radius 3 is 2.32 bits per heavy atom. The summed E-state index contributed by atoms with van der Waals surface area (Å²) in [6.07, 6.45) is 0. The standard InChI is InChI=1S/C15H14Cl4N2O3S/c1-14(2,8-20-25-15(18,19)13(16)17)21-11(22)9-6-4-5-7-10(9)12(23)24-3/h4-7,13H,1-3H3/p+1. The number of hydrogen-bond donors (Lipinski definition) is 1. The number of hydrogen-bond acceptors (Lipinski definition) is 4. The number of halogens is 4. The van der Waals surface area contributed by atoms with Crippen molar-refractivity contribution in [3.05, 3.63) is 39.6 Å². The number of ether oxygens (including phenoxy) is 1. The summed E-state index contributed by atoms with van der Waals surface area (Å²) in [5.41, 5.74) is -0.662. The van der Waals surface area contributed by atoms with Crippen LogP contribution in [-0.2, 0) is 4.74 Å². The van der Waals surface area contributed by atoms with Crippen LogP contribution in [0.1, 0.15) is 34.6 Å². The minimum Gasteiger partial charge on any atom is -0.465 e. The maximum atomic E-state index is 12.5. The number of nitrogens with zero attached hydrogens (tertiary/aromatic N) is 1. The van der Waals surface area contributed by atoms with Crippen LogP contribution >= 0.6 is 58.4 Å². The van der Waals surface area contributed by atoms with Gasteiger partial charge in [-0.2, -0.15) is 0 Å². The first-order chi connectivity index (χ1) is 11.5. The molecule has 0 spiro atoms. The van der Waals surface area contributed by atoms with Crippen molar-refractivity contribution in [3.8, 4) is 6.07 Å². The Hall–Kier alpha value is -0.840. The van der Waals surface area contributed by atoms with E-state index in [-0.39, 0.29) is 11.1 Å². The molecule has 0 saturated carbocycles. The zero-order valence-electron chi connectivity index (χ0n) is 13.5. The lowest BCUT2D eigenvalue weighted by atomic mass is 10.0. The van der Waals surface area contributed by atoms with Gasteiger partial charge in [-0.15, -0.1) is 23.2 Å². The minimum atomic E-state index is -1.55. The van der Waals surface area contributed by atoms with Gasteiger partial charge in [-0.1, -0.05) is 35.3 Å². The summed E-state index contributed by atoms with van der Waals surface area (Å²) in [4.78, 5) is 23.2. The van der Waals surface area contributed by atoms with Gasteiger partial charge in [0.25, 0.3) is 9.57 Å². The van der Waals surface area contributed by atoms with E-state index in [4.69, 9.17) is 46.4 Å². The lowest BCUT2D eigenvalue weighted by Gasteiger charge is -2.16. The van der Waals surface area contributed by atoms with E-state index in [0.29, 0.717) is 11.9 Å². The van der Waals surface area contributed by atoms with E-state index < -0.39 is 25.9 Å². The van der Waals surface area contributed by atoms with Gasteiger partial charge in [0.1, 0.15) is 0 Å². The molecule has 0 bridgehead atoms. The highest BCUT2D eigenvalue weighted by molar-refractivity contribution is 8.05. The van der Waals surface area contributed by atoms with E-state index in [9.17, 15) is 9.59 Å². The van der Waals surface area contributed by atoms with Gasteiger partial charge in [0, 0.05) is 4.25 Å². The maximum absolute atomic E-state index is 12.5. The van der Waals surface area contributed by atoms with Crippen molar-refractivity contribution < 1.29 is 14.3 Å². The number of methoxy groups -OCH3 is 1. The first kappa shape index (κ1) is 22.2. The monoisotopic (exact) mass is 443 g/mol. The van der Waals surface area contributed by atoms with Crippen LogP contribution in [0.15, 0.2) is 24.3 Å². The minimum absolute atomic E-state index is 0.150. The molecule has 0 radical (unpaired) electrons. The zero-order chi connectivity index (χ0) is 19.3. The highest BCUT2D eigenvalue weighted by atomic mass is 35.5. The van der Waals surface area contributed by atoms with Gasteiger partial charge in [0.05, 0.1) is 18.2 Å². The lowest BCUT2D eigenvalue weighted by molar-refractivity contribution is 0.0596. The number of nitrogens with one attached hydrogen (secondary N) is 1. The molecule has 1 amide bonds. The number of amides is 1. The van der Waals surface area contributed by atoms with Crippen LogP contribution in [0.4, 0.5) is 0 Å². The predicted molar refractivity (Wildman–Crippen MR) is 104 cm³/mol. The molecular weight excluding hydrogens is 430 g/mol. The quantitative estimate of drug-likeness (QED) is 0.398. The topological polar surface area (TPSA) is 59.8 Å². The summed E-state index contributed by atoms with van der Waals surface area (Å²) in [6, 6.07) is 8.97. The molecule has 136 valence electrons. The Labute approximate surface area is 170 Å². The summed E-state index contributed by atoms with van der Waals surface area (Å²) in [5.74, 6) is -1.10. The first-order valence-electron chi connectivity index (χ1n) is 6.81. The molecule has 0 fully saturated rings. The highest BCUT2D eigenvalue weighted by Crippen LogP contribution is 2.43. The fourth-order valence-electron chi connectivity index (χ4n) is 1.59. The maximum Gasteiger partial charge on any atom is 0.353 e. The Balaban J connectivity index is 2.92. The Kier molecular flexibility index (Phi) is 8.17. The van der Waals surface area contributed by atoms with E-state index in [1.54, 1.807) is 26.0 Å². The van der Waals surface area contributed by atoms with Crippen molar-refractivity contribution in [2.75, 3.05) is 7.11 Å². The van der Waals surface area contributed by atoms with Crippen molar-refractivity contribution in [1.29, 1.82) is 0 Å². The number of carbonyl (C=O) groups is 2. The third kappa shape index (κ3) is 6.76. The van der Waals surface area contributed by atoms with E-state index in [1.165, 1.54) is 19.2 Å². The molecule has 1 aromatic carbocycles. The van der Waals surface area contributed by atoms with E-state index in [0.717, 1.165) is 0 Å². The highest BCUT2D eigenvalue weighted by Gasteiger charge is 2.41. The van der Waals surface area contributed by atoms with Crippen LogP contribution in [0.2, 0.25) is 0 Å². The Morgan fingerprint density at radius 2 is 1.80 bits per heavy atom. The zero-order valence-corrected chi connectivity index (χ0v) is 17.3. The first-order valence-corrected chi connectivity index (χ1v) is 9.21. The average Bonchev–Trinajstić information content (AvgIpc) is 2.53. The summed E-state index contributed by atoms with van der Waals surface area (Å²) in [7, 11) is 1.24. The lowest BCUT2D eigenvalue weighted by Crippen LogP contribution is -2.42. The van der Waals surface area contributed by atoms with Gasteiger partial charge in [-0.05, 0) is 26.0 Å². The van der Waals surface area contributed by atoms with Gasteiger partial charge in [0.15, 0.2) is 10.4 Å². The molecule has 0 unspecified atom stereocenters. The van der Waals surface area contributed by atoms with Crippen molar-refractivity contribution in [3.63, 3.8) is 0 Å². The third-order valence-electron chi connectivity index (χ3n) is 2.75. The number of carbonyl (C=O) groups excluding carboxylic acids is 2. The van der Waals surface area contributed by atoms with Crippen molar-refractivity contribution >= 4 is 70.2 Å². The van der Waals surface area contributed by atoms with E-state index >= 15 is 0 Å². The van der Waals surface area contributed by atoms with Crippen LogP contribution in [0.25, 0.3) is 4.25 Å². The molecule has 1 rings (SSSR count). The van der Waals surface area contributed by atoms with Crippen LogP contribution in [0.5, 0.6) is 0 Å². The number of esters is 1. The molecule has 0 aliphatic rings. The largest absolute Gasteiger partial charge is 0.465 e. The molecule has 5 nitrogen and oxygen atoms in total. The molecule has 0 aliphatic carbocycles. The summed E-state index contributed by atoms with van der Waals surface area (Å²) in [6.45, 7) is 3.30. The van der Waals surface area contributed by atoms with Crippen LogP contribution in [0, 0.1) is 6.07 Å². The predicted octanol–water partition coefficient (Wildman–Crippen LogP) is 4.90. The summed E-state index contributed by atoms with van der Waals surface area (Å²) >= 11 is 23.7. The van der Waals surface area contributed by atoms with Crippen LogP contribution < -0.4 is 5.32 Å². The van der Waals surface area contributed by atoms with Crippen molar-refractivity contribution in [2.45, 2.75) is 27.9 Å². The second-order valence-electron chi connectivity index (χ2n) is 5.27. The van der Waals surface area contributed by atoms with Crippen molar-refractivity contribution in [2.24, 2.45) is 0 Å². The SMILES string of the molecule is COC(=O)c1ccccc1C(=O)NC(C)(C)C#[N+]SC(Cl)(Cl)C(Cl)Cl. The van der Waals surface area contributed by atoms with Gasteiger partial charge in [-0.25, -0.2) is 4.79 Å². The van der Waals surface area contributed by atoms with Gasteiger partial charge in [0.2, 0.25) is 0 Å². The summed E-state index contributed by atoms with van der Waals surface area (Å²) in [5, 5.41) is 2.69. The Bertz CT molecular complexity index is 714. The van der Waals surface area contributed by atoms with E-state index in [2.05, 4.69) is 20.4 Å². The molecule has 1 aromatic rings. The molecule has 0 saturated heterocycles. The smallest absolute Gasteiger partial charge is 0.353 e. The molecule has 0 atom stereocenters. The Morgan fingerprint density at radius 1 is 1.24 bits per heavy atom. The van der Waals surface area contributed by atoms with Crippen molar-refractivity contribution in [1.82, 2.24) is 5.32 Å². The molecular formula is C15H15Cl4N2O3S+. The average molecular weight is 445 g/mol. The van der Waals surface area contributed by atoms with Gasteiger partial charge < -0.3 is 10.1 Å². The van der Waals surface area contributed by atoms with Gasteiger partial charge in [-0.3, -0.25) is 4.79 Å². The third-order valence-corrected chi connectivity index (χ3v) is 5.62. The molecule has 1 N–H and O–H groups in total. The molecule has 25 heavy (non-hydrogen) atoms. The number of rotatable bonds is 5. The summed E-state index contributed by atoms with van der Waals surface area (Å²) < 4.78 is 7.01. The van der Waals surface area contributed by atoms with Crippen LogP contribution in [0.3, 0.4) is 0 Å².